The number of carbonyl (C=O) groups is 2. The zero-order valence-corrected chi connectivity index (χ0v) is 46.9. The zero-order chi connectivity index (χ0) is 52.0. The maximum absolute atomic E-state index is 12.9. The van der Waals surface area contributed by atoms with Gasteiger partial charge in [-0.1, -0.05) is 238 Å². The minimum Gasteiger partial charge on any atom is -0.462 e. The van der Waals surface area contributed by atoms with E-state index in [1.165, 1.54) is 96.3 Å². The van der Waals surface area contributed by atoms with Crippen molar-refractivity contribution in [2.24, 2.45) is 0 Å². The molecule has 408 valence electrons. The summed E-state index contributed by atoms with van der Waals surface area (Å²) in [6, 6.07) is 0. The first kappa shape index (κ1) is 68.0. The molecule has 1 atom stereocenters. The van der Waals surface area contributed by atoms with Crippen molar-refractivity contribution >= 4 is 11.9 Å². The zero-order valence-electron chi connectivity index (χ0n) is 46.9. The predicted molar refractivity (Wildman–Crippen MR) is 315 cm³/mol. The van der Waals surface area contributed by atoms with Gasteiger partial charge >= 0.3 is 11.9 Å². The van der Waals surface area contributed by atoms with Crippen molar-refractivity contribution in [3.05, 3.63) is 134 Å². The SMILES string of the molecule is CC/C=C\C/C=C\C/C=C\C/C=C\C/C=C\C/C=C\CCCOCC(COC(=O)CCCCCCCC/C=C\C/C=C\C/C=C\CCCCC)OC(=O)CCCCCCCCC/C=C\C/C=C\CCCCC. The van der Waals surface area contributed by atoms with Gasteiger partial charge in [-0.25, -0.2) is 0 Å². The summed E-state index contributed by atoms with van der Waals surface area (Å²) < 4.78 is 17.4. The van der Waals surface area contributed by atoms with Crippen LogP contribution in [0, 0.1) is 0 Å². The summed E-state index contributed by atoms with van der Waals surface area (Å²) in [6.07, 6.45) is 87.6. The summed E-state index contributed by atoms with van der Waals surface area (Å²) in [5.74, 6) is -0.457. The molecule has 72 heavy (non-hydrogen) atoms. The molecule has 1 unspecified atom stereocenters. The molecular formula is C67H110O5. The van der Waals surface area contributed by atoms with Crippen LogP contribution in [0.1, 0.15) is 252 Å². The van der Waals surface area contributed by atoms with Gasteiger partial charge in [-0.05, 0) is 135 Å². The molecule has 0 aliphatic carbocycles. The van der Waals surface area contributed by atoms with Gasteiger partial charge in [-0.15, -0.1) is 0 Å². The van der Waals surface area contributed by atoms with Crippen LogP contribution in [0.2, 0.25) is 0 Å². The number of carbonyl (C=O) groups excluding carboxylic acids is 2. The van der Waals surface area contributed by atoms with Crippen molar-refractivity contribution in [1.82, 2.24) is 0 Å². The third kappa shape index (κ3) is 58.6. The maximum atomic E-state index is 12.9. The van der Waals surface area contributed by atoms with Crippen LogP contribution in [-0.2, 0) is 23.8 Å². The molecule has 0 saturated heterocycles. The lowest BCUT2D eigenvalue weighted by atomic mass is 10.1. The van der Waals surface area contributed by atoms with E-state index in [2.05, 4.69) is 154 Å². The fourth-order valence-electron chi connectivity index (χ4n) is 7.74. The molecule has 0 heterocycles. The highest BCUT2D eigenvalue weighted by Gasteiger charge is 2.17. The van der Waals surface area contributed by atoms with Crippen LogP contribution in [0.3, 0.4) is 0 Å². The molecule has 0 rings (SSSR count). The van der Waals surface area contributed by atoms with Gasteiger partial charge in [0.1, 0.15) is 6.61 Å². The Morgan fingerprint density at radius 2 is 0.625 bits per heavy atom. The molecule has 0 spiro atoms. The van der Waals surface area contributed by atoms with E-state index < -0.39 is 6.10 Å². The number of unbranched alkanes of at least 4 members (excludes halogenated alkanes) is 20. The average molecular weight is 996 g/mol. The molecule has 0 fully saturated rings. The van der Waals surface area contributed by atoms with Gasteiger partial charge in [0.25, 0.3) is 0 Å². The lowest BCUT2D eigenvalue weighted by Crippen LogP contribution is -2.30. The highest BCUT2D eigenvalue weighted by atomic mass is 16.6. The second kappa shape index (κ2) is 61.3. The highest BCUT2D eigenvalue weighted by molar-refractivity contribution is 5.70. The molecule has 0 bridgehead atoms. The Hall–Kier alpha value is -3.96. The van der Waals surface area contributed by atoms with Gasteiger partial charge < -0.3 is 14.2 Å². The molecule has 5 nitrogen and oxygen atoms in total. The Balaban J connectivity index is 4.45. The van der Waals surface area contributed by atoms with Crippen LogP contribution in [0.25, 0.3) is 0 Å². The summed E-state index contributed by atoms with van der Waals surface area (Å²) in [6.45, 7) is 7.50. The first-order chi connectivity index (χ1) is 35.6. The normalized spacial score (nSPS) is 13.2. The Morgan fingerprint density at radius 3 is 1.00 bits per heavy atom. The fraction of sp³-hybridized carbons (Fsp3) is 0.642. The lowest BCUT2D eigenvalue weighted by Gasteiger charge is -2.18. The standard InChI is InChI=1S/C67H110O5/c1-4-7-10-13-16-19-22-25-28-31-33-35-38-41-44-47-50-53-56-59-62-70-63-65(72-67(69)61-58-55-52-49-46-43-40-36-30-27-24-21-18-15-12-9-6-3)64-71-66(68)60-57-54-51-48-45-42-39-37-34-32-29-26-23-20-17-14-11-8-5-2/h7,10,16-21,25-30,33-35,37,41,44,50,53,65H,4-6,8-9,11-15,22-24,31-32,36,38-40,42-43,45-49,51-52,54-64H2,1-3H3/b10-7-,19-16-,20-17-,21-18-,28-25-,29-26-,30-27-,35-33-,37-34-,44-41-,53-50-. The highest BCUT2D eigenvalue weighted by Crippen LogP contribution is 2.13. The molecule has 0 aliphatic rings. The molecule has 0 N–H and O–H groups in total. The molecule has 0 aliphatic heterocycles. The van der Waals surface area contributed by atoms with Gasteiger partial charge in [-0.3, -0.25) is 9.59 Å². The largest absolute Gasteiger partial charge is 0.462 e. The summed E-state index contributed by atoms with van der Waals surface area (Å²) in [5, 5.41) is 0. The van der Waals surface area contributed by atoms with E-state index in [-0.39, 0.29) is 25.2 Å². The molecule has 0 aromatic rings. The number of esters is 2. The van der Waals surface area contributed by atoms with Crippen molar-refractivity contribution in [1.29, 1.82) is 0 Å². The second-order valence-electron chi connectivity index (χ2n) is 19.2. The van der Waals surface area contributed by atoms with E-state index >= 15 is 0 Å². The average Bonchev–Trinajstić information content (AvgIpc) is 3.38. The van der Waals surface area contributed by atoms with Crippen molar-refractivity contribution < 1.29 is 23.8 Å². The van der Waals surface area contributed by atoms with Crippen LogP contribution in [0.15, 0.2) is 134 Å². The third-order valence-corrected chi connectivity index (χ3v) is 12.1. The molecule has 0 amide bonds. The van der Waals surface area contributed by atoms with Crippen molar-refractivity contribution in [3.8, 4) is 0 Å². The number of hydrogen-bond acceptors (Lipinski definition) is 5. The molecule has 0 aromatic heterocycles. The van der Waals surface area contributed by atoms with Gasteiger partial charge in [0.2, 0.25) is 0 Å². The van der Waals surface area contributed by atoms with Crippen LogP contribution in [-0.4, -0.2) is 37.9 Å². The summed E-state index contributed by atoms with van der Waals surface area (Å²) in [7, 11) is 0. The minimum absolute atomic E-state index is 0.0438. The Morgan fingerprint density at radius 1 is 0.319 bits per heavy atom. The summed E-state index contributed by atoms with van der Waals surface area (Å²) in [5.41, 5.74) is 0. The van der Waals surface area contributed by atoms with E-state index in [0.717, 1.165) is 122 Å². The van der Waals surface area contributed by atoms with Gasteiger partial charge in [-0.2, -0.15) is 0 Å². The van der Waals surface area contributed by atoms with Gasteiger partial charge in [0.15, 0.2) is 6.10 Å². The maximum Gasteiger partial charge on any atom is 0.306 e. The smallest absolute Gasteiger partial charge is 0.306 e. The van der Waals surface area contributed by atoms with E-state index in [1.807, 2.05) is 0 Å². The third-order valence-electron chi connectivity index (χ3n) is 12.1. The predicted octanol–water partition coefficient (Wildman–Crippen LogP) is 20.7. The monoisotopic (exact) mass is 995 g/mol. The van der Waals surface area contributed by atoms with E-state index in [0.29, 0.717) is 19.4 Å². The Bertz CT molecular complexity index is 1500. The minimum atomic E-state index is -0.587. The topological polar surface area (TPSA) is 61.8 Å². The molecular weight excluding hydrogens is 885 g/mol. The summed E-state index contributed by atoms with van der Waals surface area (Å²) in [4.78, 5) is 25.6. The lowest BCUT2D eigenvalue weighted by molar-refractivity contribution is -0.163. The van der Waals surface area contributed by atoms with Crippen molar-refractivity contribution in [3.63, 3.8) is 0 Å². The molecule has 5 heteroatoms. The van der Waals surface area contributed by atoms with E-state index in [9.17, 15) is 9.59 Å². The fourth-order valence-corrected chi connectivity index (χ4v) is 7.74. The second-order valence-corrected chi connectivity index (χ2v) is 19.2. The van der Waals surface area contributed by atoms with Crippen LogP contribution >= 0.6 is 0 Å². The number of allylic oxidation sites excluding steroid dienone is 22. The quantitative estimate of drug-likeness (QED) is 0.0345. The van der Waals surface area contributed by atoms with Crippen LogP contribution in [0.4, 0.5) is 0 Å². The Labute approximate surface area is 445 Å². The summed E-state index contributed by atoms with van der Waals surface area (Å²) >= 11 is 0. The number of ether oxygens (including phenoxy) is 3. The van der Waals surface area contributed by atoms with Gasteiger partial charge in [0.05, 0.1) is 6.61 Å². The first-order valence-electron chi connectivity index (χ1n) is 29.7. The first-order valence-corrected chi connectivity index (χ1v) is 29.7. The van der Waals surface area contributed by atoms with Crippen molar-refractivity contribution in [2.75, 3.05) is 19.8 Å². The van der Waals surface area contributed by atoms with Gasteiger partial charge in [0, 0.05) is 19.4 Å². The molecule has 0 saturated carbocycles. The van der Waals surface area contributed by atoms with Crippen LogP contribution < -0.4 is 0 Å². The van der Waals surface area contributed by atoms with Crippen molar-refractivity contribution in [2.45, 2.75) is 258 Å². The number of rotatable bonds is 53. The molecule has 0 radical (unpaired) electrons. The number of hydrogen-bond donors (Lipinski definition) is 0. The van der Waals surface area contributed by atoms with Crippen LogP contribution in [0.5, 0.6) is 0 Å². The van der Waals surface area contributed by atoms with E-state index in [4.69, 9.17) is 14.2 Å². The molecule has 0 aromatic carbocycles. The Kier molecular flexibility index (Phi) is 58.0. The van der Waals surface area contributed by atoms with E-state index in [1.54, 1.807) is 0 Å².